The Balaban J connectivity index is 0.000000182. The number of pyridine rings is 2. The predicted molar refractivity (Wildman–Crippen MR) is 99.2 cm³/mol. The van der Waals surface area contributed by atoms with E-state index in [2.05, 4.69) is 16.4 Å². The van der Waals surface area contributed by atoms with Gasteiger partial charge in [0.2, 0.25) is 0 Å². The maximum absolute atomic E-state index is 10.2. The van der Waals surface area contributed by atoms with Crippen molar-refractivity contribution in [2.24, 2.45) is 17.8 Å². The van der Waals surface area contributed by atoms with Crippen LogP contribution in [0.15, 0.2) is 61.2 Å². The molecule has 0 saturated heterocycles. The van der Waals surface area contributed by atoms with Crippen LogP contribution in [0.5, 0.6) is 0 Å². The number of halogens is 2. The summed E-state index contributed by atoms with van der Waals surface area (Å²) < 4.78 is 0. The van der Waals surface area contributed by atoms with Gasteiger partial charge in [-0.1, -0.05) is 37.3 Å². The van der Waals surface area contributed by atoms with Gasteiger partial charge in [-0.05, 0) is 30.6 Å². The maximum atomic E-state index is 10.2. The van der Waals surface area contributed by atoms with Crippen LogP contribution >= 0.6 is 18.8 Å². The number of aromatic nitrogens is 2. The Morgan fingerprint density at radius 3 is 1.72 bits per heavy atom. The monoisotopic (exact) mass is 559 g/mol. The molecule has 0 aromatic carbocycles. The van der Waals surface area contributed by atoms with Crippen molar-refractivity contribution < 1.29 is 21.3 Å². The third kappa shape index (κ3) is 10.6. The molecule has 3 nitrogen and oxygen atoms in total. The Hall–Kier alpha value is -0.892. The smallest absolute Gasteiger partial charge is 0.0267 e. The Morgan fingerprint density at radius 2 is 1.48 bits per heavy atom. The Labute approximate surface area is 167 Å². The molecule has 138 valence electrons. The van der Waals surface area contributed by atoms with Crippen LogP contribution in [0, 0.1) is 30.6 Å². The van der Waals surface area contributed by atoms with Gasteiger partial charge in [0.05, 0.1) is 0 Å². The van der Waals surface area contributed by atoms with Crippen LogP contribution < -0.4 is 0 Å². The van der Waals surface area contributed by atoms with Gasteiger partial charge in [-0.3, -0.25) is 15.9 Å². The number of hydrogen-bond donors (Lipinski definition) is 0. The molecule has 0 spiro atoms. The van der Waals surface area contributed by atoms with Crippen molar-refractivity contribution in [1.29, 1.82) is 0 Å². The molecule has 2 bridgehead atoms. The summed E-state index contributed by atoms with van der Waals surface area (Å²) in [5.41, 5.74) is 0. The summed E-state index contributed by atoms with van der Waals surface area (Å²) in [5.74, 6) is 2.18. The summed E-state index contributed by atoms with van der Waals surface area (Å²) in [7, 11) is 9.75. The molecule has 2 aromatic heterocycles. The van der Waals surface area contributed by atoms with Crippen LogP contribution in [0.1, 0.15) is 19.3 Å². The van der Waals surface area contributed by atoms with Crippen LogP contribution in [-0.2, 0) is 21.3 Å². The topological polar surface area (TPSA) is 42.9 Å². The molecule has 2 aliphatic carbocycles. The first-order valence-electron chi connectivity index (χ1n) is 7.97. The van der Waals surface area contributed by atoms with E-state index in [1.165, 1.54) is 19.3 Å². The Kier molecular flexibility index (Phi) is 13.6. The zero-order valence-corrected chi connectivity index (χ0v) is 17.5. The van der Waals surface area contributed by atoms with Crippen LogP contribution in [0.3, 0.4) is 0 Å². The number of aldehydes is 1. The minimum absolute atomic E-state index is 0.472. The van der Waals surface area contributed by atoms with Gasteiger partial charge >= 0.3 is 35.3 Å². The Morgan fingerprint density at radius 1 is 0.960 bits per heavy atom. The molecule has 0 amide bonds. The largest absolute Gasteiger partial charge is 0.265 e. The molecule has 2 aliphatic rings. The summed E-state index contributed by atoms with van der Waals surface area (Å²) >= 11 is -0.472. The second-order valence-corrected chi connectivity index (χ2v) is 8.81. The summed E-state index contributed by atoms with van der Waals surface area (Å²) in [6.45, 7) is 0. The molecule has 6 heteroatoms. The molecule has 3 atom stereocenters. The minimum atomic E-state index is -0.472. The van der Waals surface area contributed by atoms with E-state index >= 15 is 0 Å². The fourth-order valence-corrected chi connectivity index (χ4v) is 2.99. The van der Waals surface area contributed by atoms with Crippen LogP contribution in [0.2, 0.25) is 0 Å². The van der Waals surface area contributed by atoms with Crippen molar-refractivity contribution in [2.45, 2.75) is 19.3 Å². The van der Waals surface area contributed by atoms with Crippen LogP contribution in [0.4, 0.5) is 0 Å². The van der Waals surface area contributed by atoms with E-state index in [-0.39, 0.29) is 0 Å². The second kappa shape index (κ2) is 15.4. The summed E-state index contributed by atoms with van der Waals surface area (Å²) in [4.78, 5) is 17.7. The van der Waals surface area contributed by atoms with Crippen LogP contribution in [0.25, 0.3) is 0 Å². The normalized spacial score (nSPS) is 22.2. The maximum Gasteiger partial charge on any atom is 0.0267 e. The number of rotatable bonds is 2. The number of carbonyl (C=O) groups is 1. The van der Waals surface area contributed by atoms with Gasteiger partial charge in [0.1, 0.15) is 0 Å². The van der Waals surface area contributed by atoms with Gasteiger partial charge in [-0.15, -0.1) is 0 Å². The second-order valence-electron chi connectivity index (χ2n) is 5.53. The van der Waals surface area contributed by atoms with Crippen molar-refractivity contribution in [3.63, 3.8) is 0 Å². The molecule has 2 heterocycles. The molecule has 2 aromatic rings. The Bertz CT molecular complexity index is 449. The average molecular weight is 560 g/mol. The fraction of sp³-hybridized carbons (Fsp3) is 0.316. The molecule has 4 rings (SSSR count). The first-order valence-corrected chi connectivity index (χ1v) is 13.6. The standard InChI is InChI=1S/C9H12O.2C5H5N.2ClH.Pt/c10-4-3-9-6-7-1-2-8(9)5-7;2*1-2-4-6-5-3-1;;;/h3-4,6-9H,1-2,5H2;2*1-5H;2*1H;/q-2;;;;;+4/p-2/t7-,8+,9+;;;;;/m1...../s1. The predicted octanol–water partition coefficient (Wildman–Crippen LogP) is 5.18. The van der Waals surface area contributed by atoms with Gasteiger partial charge in [-0.25, -0.2) is 0 Å². The van der Waals surface area contributed by atoms with Crippen molar-refractivity contribution >= 4 is 25.1 Å². The minimum Gasteiger partial charge on any atom is -0.265 e. The quantitative estimate of drug-likeness (QED) is 0.376. The number of nitrogens with zero attached hydrogens (tertiary/aromatic N) is 2. The molecule has 0 unspecified atom stereocenters. The molecule has 2 fully saturated rings. The number of hydrogen-bond acceptors (Lipinski definition) is 3. The molecule has 0 aliphatic heterocycles. The molecule has 2 saturated carbocycles. The summed E-state index contributed by atoms with van der Waals surface area (Å²) in [6, 6.07) is 11.4. The van der Waals surface area contributed by atoms with E-state index in [9.17, 15) is 4.79 Å². The van der Waals surface area contributed by atoms with Gasteiger partial charge in [0, 0.05) is 24.8 Å². The first-order chi connectivity index (χ1) is 12.3. The van der Waals surface area contributed by atoms with Crippen molar-refractivity contribution in [1.82, 2.24) is 9.97 Å². The molecule has 25 heavy (non-hydrogen) atoms. The molecular formula is C19H22Cl2N2OPt. The van der Waals surface area contributed by atoms with Gasteiger partial charge in [0.25, 0.3) is 0 Å². The summed E-state index contributed by atoms with van der Waals surface area (Å²) in [6.07, 6.45) is 16.2. The third-order valence-electron chi connectivity index (χ3n) is 3.99. The summed E-state index contributed by atoms with van der Waals surface area (Å²) in [5, 5.41) is 0. The molecule has 0 radical (unpaired) electrons. The molecule has 0 N–H and O–H groups in total. The van der Waals surface area contributed by atoms with E-state index < -0.39 is 16.5 Å². The average Bonchev–Trinajstić information content (AvgIpc) is 3.30. The number of carbonyl (C=O) groups excluding carboxylic acids is 1. The third-order valence-corrected chi connectivity index (χ3v) is 3.99. The number of fused-ring (bicyclic) bond motifs is 2. The zero-order valence-electron chi connectivity index (χ0n) is 13.7. The van der Waals surface area contributed by atoms with E-state index in [1.807, 2.05) is 42.8 Å². The zero-order chi connectivity index (χ0) is 18.2. The van der Waals surface area contributed by atoms with Gasteiger partial charge in [0.15, 0.2) is 0 Å². The van der Waals surface area contributed by atoms with Crippen molar-refractivity contribution in [2.75, 3.05) is 0 Å². The van der Waals surface area contributed by atoms with Crippen molar-refractivity contribution in [3.8, 4) is 0 Å². The van der Waals surface area contributed by atoms with E-state index in [1.54, 1.807) is 24.8 Å². The van der Waals surface area contributed by atoms with Gasteiger partial charge < -0.3 is 17.6 Å². The van der Waals surface area contributed by atoms with Crippen LogP contribution in [-0.4, -0.2) is 16.3 Å². The van der Waals surface area contributed by atoms with E-state index in [0.29, 0.717) is 5.92 Å². The SMILES string of the molecule is O=C[CH-][C@H]1[CH-][C@@H]2CC[C@H]1C2.[Cl][Pt+2][Cl].c1ccncc1.c1ccncc1. The van der Waals surface area contributed by atoms with E-state index in [4.69, 9.17) is 18.8 Å². The molecular weight excluding hydrogens is 538 g/mol. The van der Waals surface area contributed by atoms with Crippen molar-refractivity contribution in [3.05, 3.63) is 74.0 Å². The van der Waals surface area contributed by atoms with E-state index in [0.717, 1.165) is 18.1 Å². The fourth-order valence-electron chi connectivity index (χ4n) is 2.99. The van der Waals surface area contributed by atoms with Gasteiger partial charge in [-0.2, -0.15) is 5.92 Å². The first kappa shape index (κ1) is 22.1.